The number of methoxy groups -OCH3 is 1. The fourth-order valence-electron chi connectivity index (χ4n) is 2.99. The fraction of sp³-hybridized carbons (Fsp3) is 0.526. The Morgan fingerprint density at radius 3 is 2.52 bits per heavy atom. The molecular weight excluding hydrogens is 384 g/mol. The van der Waals surface area contributed by atoms with Crippen molar-refractivity contribution in [2.45, 2.75) is 45.1 Å². The first kappa shape index (κ1) is 22.3. The Balaban J connectivity index is 2.09. The van der Waals surface area contributed by atoms with Gasteiger partial charge in [0.15, 0.2) is 18.5 Å². The lowest BCUT2D eigenvalue weighted by molar-refractivity contribution is -0.765. The zero-order chi connectivity index (χ0) is 21.6. The van der Waals surface area contributed by atoms with Gasteiger partial charge in [-0.25, -0.2) is 0 Å². The second-order valence-electron chi connectivity index (χ2n) is 6.66. The molecule has 2 N–H and O–H groups in total. The number of rotatable bonds is 8. The zero-order valence-corrected chi connectivity index (χ0v) is 16.5. The van der Waals surface area contributed by atoms with Gasteiger partial charge in [-0.15, -0.1) is 0 Å². The second kappa shape index (κ2) is 9.97. The number of ether oxygens (including phenoxy) is 4. The summed E-state index contributed by atoms with van der Waals surface area (Å²) in [5, 5.41) is 0. The highest BCUT2D eigenvalue weighted by molar-refractivity contribution is 5.92. The SMILES string of the molecule is COC(=O)CCC(=O)OC[C@H]1O[C@@H]([n+]2cccc(C(N)=O)c2)[C@H](OC(C)=O)[C@@H]1C. The summed E-state index contributed by atoms with van der Waals surface area (Å²) in [6, 6.07) is 3.18. The number of carbonyl (C=O) groups is 4. The minimum absolute atomic E-state index is 0.0779. The average molecular weight is 409 g/mol. The van der Waals surface area contributed by atoms with E-state index in [0.717, 1.165) is 0 Å². The van der Waals surface area contributed by atoms with Crippen LogP contribution in [0.25, 0.3) is 0 Å². The molecule has 1 aromatic rings. The van der Waals surface area contributed by atoms with Crippen LogP contribution in [-0.2, 0) is 33.3 Å². The van der Waals surface area contributed by atoms with Gasteiger partial charge in [-0.2, -0.15) is 4.57 Å². The normalized spacial score (nSPS) is 23.3. The van der Waals surface area contributed by atoms with Gasteiger partial charge in [0.2, 0.25) is 0 Å². The van der Waals surface area contributed by atoms with E-state index in [4.69, 9.17) is 19.9 Å². The molecule has 1 aromatic heterocycles. The lowest BCUT2D eigenvalue weighted by Gasteiger charge is -2.17. The number of carbonyl (C=O) groups excluding carboxylic acids is 4. The predicted octanol–water partition coefficient (Wildman–Crippen LogP) is 0.0346. The van der Waals surface area contributed by atoms with E-state index in [1.165, 1.54) is 20.2 Å². The van der Waals surface area contributed by atoms with Crippen LogP contribution in [0.4, 0.5) is 0 Å². The third kappa shape index (κ3) is 5.98. The Morgan fingerprint density at radius 2 is 1.90 bits per heavy atom. The molecule has 2 heterocycles. The van der Waals surface area contributed by atoms with E-state index < -0.39 is 42.3 Å². The molecule has 1 amide bonds. The number of primary amides is 1. The smallest absolute Gasteiger partial charge is 0.306 e. The third-order valence-electron chi connectivity index (χ3n) is 4.57. The van der Waals surface area contributed by atoms with E-state index in [2.05, 4.69) is 4.74 Å². The number of aromatic nitrogens is 1. The maximum atomic E-state index is 11.8. The number of hydrogen-bond acceptors (Lipinski definition) is 8. The van der Waals surface area contributed by atoms with Crippen LogP contribution in [0.2, 0.25) is 0 Å². The van der Waals surface area contributed by atoms with E-state index in [-0.39, 0.29) is 30.9 Å². The van der Waals surface area contributed by atoms with Gasteiger partial charge in [0.05, 0.1) is 20.0 Å². The summed E-state index contributed by atoms with van der Waals surface area (Å²) in [5.41, 5.74) is 5.59. The van der Waals surface area contributed by atoms with Crippen molar-refractivity contribution in [3.05, 3.63) is 30.1 Å². The lowest BCUT2D eigenvalue weighted by Crippen LogP contribution is -2.46. The highest BCUT2D eigenvalue weighted by atomic mass is 16.6. The minimum Gasteiger partial charge on any atom is -0.469 e. The largest absolute Gasteiger partial charge is 0.469 e. The van der Waals surface area contributed by atoms with Gasteiger partial charge in [0, 0.05) is 18.9 Å². The number of pyridine rings is 1. The van der Waals surface area contributed by atoms with Crippen molar-refractivity contribution in [2.75, 3.05) is 13.7 Å². The topological polar surface area (TPSA) is 135 Å². The number of nitrogens with two attached hydrogens (primary N) is 1. The zero-order valence-electron chi connectivity index (χ0n) is 16.5. The van der Waals surface area contributed by atoms with Crippen molar-refractivity contribution in [1.29, 1.82) is 0 Å². The summed E-state index contributed by atoms with van der Waals surface area (Å²) in [5.74, 6) is -2.47. The molecule has 10 nitrogen and oxygen atoms in total. The highest BCUT2D eigenvalue weighted by Gasteiger charge is 2.50. The molecule has 0 radical (unpaired) electrons. The molecule has 0 unspecified atom stereocenters. The average Bonchev–Trinajstić information content (AvgIpc) is 2.99. The van der Waals surface area contributed by atoms with E-state index >= 15 is 0 Å². The summed E-state index contributed by atoms with van der Waals surface area (Å²) in [4.78, 5) is 46.0. The van der Waals surface area contributed by atoms with E-state index in [1.807, 2.05) is 0 Å². The van der Waals surface area contributed by atoms with Gasteiger partial charge in [-0.05, 0) is 6.07 Å². The predicted molar refractivity (Wildman–Crippen MR) is 96.0 cm³/mol. The van der Waals surface area contributed by atoms with Crippen LogP contribution >= 0.6 is 0 Å². The van der Waals surface area contributed by atoms with Crippen molar-refractivity contribution >= 4 is 23.8 Å². The standard InChI is InChI=1S/C19H24N2O8/c1-11-14(10-27-16(24)7-6-15(23)26-3)29-19(17(11)28-12(2)22)21-8-4-5-13(9-21)18(20)25/h4-5,8-9,11,14,17,19H,6-7,10H2,1-3H3,(H-,20,25)/p+1/t11-,14-,17-,19-/m1/s1. The van der Waals surface area contributed by atoms with Crippen molar-refractivity contribution in [3.63, 3.8) is 0 Å². The van der Waals surface area contributed by atoms with Crippen LogP contribution in [0.3, 0.4) is 0 Å². The van der Waals surface area contributed by atoms with Crippen molar-refractivity contribution in [2.24, 2.45) is 11.7 Å². The molecule has 0 aliphatic carbocycles. The van der Waals surface area contributed by atoms with Crippen LogP contribution in [0.5, 0.6) is 0 Å². The van der Waals surface area contributed by atoms with Gasteiger partial charge in [0.1, 0.15) is 18.3 Å². The Kier molecular flexibility index (Phi) is 7.66. The number of amides is 1. The molecule has 1 fully saturated rings. The maximum Gasteiger partial charge on any atom is 0.306 e. The summed E-state index contributed by atoms with van der Waals surface area (Å²) < 4.78 is 22.7. The fourth-order valence-corrected chi connectivity index (χ4v) is 2.99. The van der Waals surface area contributed by atoms with E-state index in [0.29, 0.717) is 0 Å². The molecular formula is C19H25N2O8+. The highest BCUT2D eigenvalue weighted by Crippen LogP contribution is 2.33. The summed E-state index contributed by atoms with van der Waals surface area (Å²) >= 11 is 0. The quantitative estimate of drug-likeness (QED) is 0.361. The molecule has 0 spiro atoms. The van der Waals surface area contributed by atoms with Crippen molar-refractivity contribution in [1.82, 2.24) is 0 Å². The molecule has 158 valence electrons. The maximum absolute atomic E-state index is 11.8. The molecule has 1 aliphatic heterocycles. The lowest BCUT2D eigenvalue weighted by atomic mass is 10.0. The Bertz CT molecular complexity index is 781. The van der Waals surface area contributed by atoms with Gasteiger partial charge in [-0.1, -0.05) is 6.92 Å². The Labute approximate surface area is 167 Å². The number of nitrogens with zero attached hydrogens (tertiary/aromatic N) is 1. The number of esters is 3. The van der Waals surface area contributed by atoms with Gasteiger partial charge in [-0.3, -0.25) is 19.2 Å². The van der Waals surface area contributed by atoms with E-state index in [1.54, 1.807) is 29.8 Å². The summed E-state index contributed by atoms with van der Waals surface area (Å²) in [6.07, 6.45) is 1.01. The second-order valence-corrected chi connectivity index (χ2v) is 6.66. The van der Waals surface area contributed by atoms with Gasteiger partial charge in [0.25, 0.3) is 5.91 Å². The molecule has 1 aliphatic rings. The molecule has 0 bridgehead atoms. The van der Waals surface area contributed by atoms with Crippen LogP contribution in [0.15, 0.2) is 24.5 Å². The third-order valence-corrected chi connectivity index (χ3v) is 4.57. The molecule has 1 saturated heterocycles. The molecule has 0 saturated carbocycles. The molecule has 29 heavy (non-hydrogen) atoms. The molecule has 0 aromatic carbocycles. The van der Waals surface area contributed by atoms with Crippen molar-refractivity contribution in [3.8, 4) is 0 Å². The monoisotopic (exact) mass is 409 g/mol. The number of hydrogen-bond donors (Lipinski definition) is 1. The first-order valence-corrected chi connectivity index (χ1v) is 9.08. The minimum atomic E-state index is -0.730. The first-order chi connectivity index (χ1) is 13.7. The molecule has 4 atom stereocenters. The van der Waals surface area contributed by atoms with Gasteiger partial charge < -0.3 is 24.7 Å². The van der Waals surface area contributed by atoms with Crippen LogP contribution in [0, 0.1) is 5.92 Å². The van der Waals surface area contributed by atoms with Crippen molar-refractivity contribution < 1.29 is 42.7 Å². The van der Waals surface area contributed by atoms with Crippen LogP contribution < -0.4 is 10.3 Å². The van der Waals surface area contributed by atoms with E-state index in [9.17, 15) is 19.2 Å². The van der Waals surface area contributed by atoms with Crippen LogP contribution in [-0.4, -0.2) is 49.7 Å². The van der Waals surface area contributed by atoms with Crippen LogP contribution in [0.1, 0.15) is 43.3 Å². The first-order valence-electron chi connectivity index (χ1n) is 9.08. The Morgan fingerprint density at radius 1 is 1.21 bits per heavy atom. The Hall–Kier alpha value is -3.01. The molecule has 10 heteroatoms. The molecule has 2 rings (SSSR count). The summed E-state index contributed by atoms with van der Waals surface area (Å²) in [7, 11) is 1.24. The van der Waals surface area contributed by atoms with Gasteiger partial charge >= 0.3 is 24.1 Å². The summed E-state index contributed by atoms with van der Waals surface area (Å²) in [6.45, 7) is 3.01.